The number of rotatable bonds is 7. The normalized spacial score (nSPS) is 19.1. The van der Waals surface area contributed by atoms with Gasteiger partial charge in [-0.05, 0) is 12.8 Å². The first-order valence-corrected chi connectivity index (χ1v) is 10.8. The van der Waals surface area contributed by atoms with Crippen molar-refractivity contribution < 1.29 is 27.9 Å². The summed E-state index contributed by atoms with van der Waals surface area (Å²) in [7, 11) is 1.43. The van der Waals surface area contributed by atoms with Crippen LogP contribution >= 0.6 is 0 Å². The van der Waals surface area contributed by atoms with E-state index in [0.717, 1.165) is 17.0 Å². The van der Waals surface area contributed by atoms with Gasteiger partial charge in [0.15, 0.2) is 11.6 Å². The number of amides is 2. The summed E-state index contributed by atoms with van der Waals surface area (Å²) in [4.78, 5) is 30.7. The highest BCUT2D eigenvalue weighted by molar-refractivity contribution is 5.90. The van der Waals surface area contributed by atoms with E-state index < -0.39 is 23.8 Å². The first-order valence-electron chi connectivity index (χ1n) is 10.8. The number of hydrogen-bond acceptors (Lipinski definition) is 8. The Bertz CT molecular complexity index is 1060. The van der Waals surface area contributed by atoms with Crippen LogP contribution in [-0.4, -0.2) is 72.6 Å². The van der Waals surface area contributed by atoms with Crippen molar-refractivity contribution in [3.63, 3.8) is 0 Å². The van der Waals surface area contributed by atoms with Crippen molar-refractivity contribution in [1.29, 1.82) is 0 Å². The number of carbonyl (C=O) groups excluding carboxylic acids is 2. The second-order valence-electron chi connectivity index (χ2n) is 8.07. The number of benzene rings is 1. The molecule has 1 aromatic carbocycles. The van der Waals surface area contributed by atoms with Gasteiger partial charge in [-0.3, -0.25) is 9.69 Å². The van der Waals surface area contributed by atoms with Gasteiger partial charge in [-0.15, -0.1) is 5.10 Å². The number of nitrogens with one attached hydrogen (secondary N) is 1. The smallest absolute Gasteiger partial charge is 0.414 e. The molecule has 0 aliphatic carbocycles. The molecule has 2 aliphatic heterocycles. The molecule has 2 amide bonds. The number of aromatic nitrogens is 3. The Kier molecular flexibility index (Phi) is 6.89. The molecule has 182 valence electrons. The van der Waals surface area contributed by atoms with Crippen LogP contribution in [0.4, 0.5) is 25.0 Å². The van der Waals surface area contributed by atoms with Crippen molar-refractivity contribution in [3.05, 3.63) is 35.7 Å². The molecule has 2 aliphatic rings. The summed E-state index contributed by atoms with van der Waals surface area (Å²) in [6, 6.07) is 2.30. The lowest BCUT2D eigenvalue weighted by Gasteiger charge is -2.34. The van der Waals surface area contributed by atoms with E-state index in [1.54, 1.807) is 15.8 Å². The maximum Gasteiger partial charge on any atom is 0.414 e. The molecule has 1 atom stereocenters. The summed E-state index contributed by atoms with van der Waals surface area (Å²) in [6.45, 7) is 2.40. The molecule has 34 heavy (non-hydrogen) atoms. The first-order chi connectivity index (χ1) is 16.4. The van der Waals surface area contributed by atoms with E-state index in [4.69, 9.17) is 4.74 Å². The number of anilines is 2. The number of nitrogens with zero attached hydrogens (tertiary/aromatic N) is 6. The number of piperidine rings is 1. The second kappa shape index (κ2) is 10.0. The average Bonchev–Trinajstić information content (AvgIpc) is 3.43. The Morgan fingerprint density at radius 3 is 2.68 bits per heavy atom. The first kappa shape index (κ1) is 23.4. The second-order valence-corrected chi connectivity index (χ2v) is 8.07. The maximum absolute atomic E-state index is 15.0. The van der Waals surface area contributed by atoms with Crippen LogP contribution < -0.4 is 15.1 Å². The van der Waals surface area contributed by atoms with Crippen molar-refractivity contribution >= 4 is 29.6 Å². The van der Waals surface area contributed by atoms with Gasteiger partial charge in [0.1, 0.15) is 24.6 Å². The fourth-order valence-electron chi connectivity index (χ4n) is 4.10. The third kappa shape index (κ3) is 5.07. The van der Waals surface area contributed by atoms with Crippen molar-refractivity contribution in [3.8, 4) is 0 Å². The summed E-state index contributed by atoms with van der Waals surface area (Å²) in [6.07, 6.45) is 3.11. The summed E-state index contributed by atoms with van der Waals surface area (Å²) in [5.74, 6) is -1.78. The summed E-state index contributed by atoms with van der Waals surface area (Å²) in [5.41, 5.74) is 0.490. The van der Waals surface area contributed by atoms with E-state index in [2.05, 4.69) is 25.6 Å². The molecule has 2 aromatic rings. The largest absolute Gasteiger partial charge is 0.442 e. The van der Waals surface area contributed by atoms with Gasteiger partial charge >= 0.3 is 6.09 Å². The Hall–Kier alpha value is -3.77. The van der Waals surface area contributed by atoms with E-state index in [0.29, 0.717) is 31.6 Å². The lowest BCUT2D eigenvalue weighted by atomic mass is 10.0. The Labute approximate surface area is 194 Å². The molecule has 13 heteroatoms. The quantitative estimate of drug-likeness (QED) is 0.478. The standard InChI is InChI=1S/C21H25F2N7O4/c1-13(31)24-10-17-12-29(21(32)34-17)16-7-18(22)20(19(23)8-16)28-5-3-15(4-6-28)30-11-14(26-27-30)9-25-33-2/h7-9,11,15,17H,3-6,10,12H2,1-2H3,(H,24,31)/t17-/m0/s1. The highest BCUT2D eigenvalue weighted by Gasteiger charge is 2.34. The van der Waals surface area contributed by atoms with Crippen LogP contribution in [0.3, 0.4) is 0 Å². The summed E-state index contributed by atoms with van der Waals surface area (Å²) < 4.78 is 36.9. The number of halogens is 2. The Morgan fingerprint density at radius 1 is 1.32 bits per heavy atom. The molecule has 11 nitrogen and oxygen atoms in total. The Morgan fingerprint density at radius 2 is 2.03 bits per heavy atom. The predicted molar refractivity (Wildman–Crippen MR) is 118 cm³/mol. The molecule has 0 unspecified atom stereocenters. The molecule has 4 rings (SSSR count). The van der Waals surface area contributed by atoms with Gasteiger partial charge in [0.25, 0.3) is 0 Å². The minimum absolute atomic E-state index is 0.0405. The fraction of sp³-hybridized carbons (Fsp3) is 0.476. The van der Waals surface area contributed by atoms with Crippen LogP contribution in [0.25, 0.3) is 0 Å². The monoisotopic (exact) mass is 477 g/mol. The minimum atomic E-state index is -0.759. The predicted octanol–water partition coefficient (Wildman–Crippen LogP) is 1.84. The summed E-state index contributed by atoms with van der Waals surface area (Å²) >= 11 is 0. The van der Waals surface area contributed by atoms with Gasteiger partial charge < -0.3 is 19.8 Å². The topological polar surface area (TPSA) is 114 Å². The fourth-order valence-corrected chi connectivity index (χ4v) is 4.10. The molecular formula is C21H25F2N7O4. The minimum Gasteiger partial charge on any atom is -0.442 e. The van der Waals surface area contributed by atoms with E-state index in [9.17, 15) is 18.4 Å². The zero-order valence-electron chi connectivity index (χ0n) is 18.8. The van der Waals surface area contributed by atoms with Gasteiger partial charge in [-0.1, -0.05) is 10.4 Å². The molecule has 0 saturated carbocycles. The van der Waals surface area contributed by atoms with Crippen molar-refractivity contribution in [2.24, 2.45) is 5.16 Å². The number of oxime groups is 1. The van der Waals surface area contributed by atoms with Crippen molar-refractivity contribution in [1.82, 2.24) is 20.3 Å². The van der Waals surface area contributed by atoms with Gasteiger partial charge in [0.2, 0.25) is 5.91 Å². The van der Waals surface area contributed by atoms with Gasteiger partial charge in [0, 0.05) is 32.1 Å². The van der Waals surface area contributed by atoms with E-state index >= 15 is 0 Å². The zero-order chi connectivity index (χ0) is 24.2. The lowest BCUT2D eigenvalue weighted by Crippen LogP contribution is -2.36. The van der Waals surface area contributed by atoms with E-state index in [1.807, 2.05) is 0 Å². The van der Waals surface area contributed by atoms with Crippen LogP contribution in [0, 0.1) is 11.6 Å². The number of ether oxygens (including phenoxy) is 1. The van der Waals surface area contributed by atoms with Crippen LogP contribution in [0.15, 0.2) is 23.5 Å². The van der Waals surface area contributed by atoms with Crippen molar-refractivity contribution in [2.45, 2.75) is 31.9 Å². The van der Waals surface area contributed by atoms with Crippen molar-refractivity contribution in [2.75, 3.05) is 43.1 Å². The van der Waals surface area contributed by atoms with Gasteiger partial charge in [-0.2, -0.15) is 0 Å². The molecule has 1 aromatic heterocycles. The lowest BCUT2D eigenvalue weighted by molar-refractivity contribution is -0.119. The number of hydrogen-bond donors (Lipinski definition) is 1. The van der Waals surface area contributed by atoms with E-state index in [1.165, 1.54) is 20.2 Å². The van der Waals surface area contributed by atoms with E-state index in [-0.39, 0.29) is 36.4 Å². The SMILES string of the molecule is CON=Cc1cn(C2CCN(c3c(F)cc(N4C[C@H](CNC(C)=O)OC4=O)cc3F)CC2)nn1. The molecule has 0 bridgehead atoms. The van der Waals surface area contributed by atoms with Crippen LogP contribution in [0.2, 0.25) is 0 Å². The van der Waals surface area contributed by atoms with Crippen LogP contribution in [0.1, 0.15) is 31.5 Å². The maximum atomic E-state index is 15.0. The third-order valence-electron chi connectivity index (χ3n) is 5.74. The molecule has 3 heterocycles. The molecule has 0 spiro atoms. The third-order valence-corrected chi connectivity index (χ3v) is 5.74. The zero-order valence-corrected chi connectivity index (χ0v) is 18.8. The molecular weight excluding hydrogens is 452 g/mol. The highest BCUT2D eigenvalue weighted by Crippen LogP contribution is 2.34. The van der Waals surface area contributed by atoms with Crippen LogP contribution in [0.5, 0.6) is 0 Å². The number of carbonyl (C=O) groups is 2. The van der Waals surface area contributed by atoms with Gasteiger partial charge in [-0.25, -0.2) is 18.3 Å². The van der Waals surface area contributed by atoms with Gasteiger partial charge in [0.05, 0.1) is 37.2 Å². The average molecular weight is 477 g/mol. The highest BCUT2D eigenvalue weighted by atomic mass is 19.1. The molecule has 1 N–H and O–H groups in total. The van der Waals surface area contributed by atoms with Crippen LogP contribution in [-0.2, 0) is 14.4 Å². The molecule has 2 fully saturated rings. The molecule has 2 saturated heterocycles. The Balaban J connectivity index is 1.41. The summed E-state index contributed by atoms with van der Waals surface area (Å²) in [5, 5.41) is 14.3. The molecule has 0 radical (unpaired) electrons. The number of cyclic esters (lactones) is 1.